The minimum Gasteiger partial charge on any atom is -0.593 e. The maximum Gasteiger partial charge on any atom is 0.292 e. The van der Waals surface area contributed by atoms with E-state index in [1.165, 1.54) is 11.1 Å². The number of carbonyl (C=O) groups is 1. The van der Waals surface area contributed by atoms with Gasteiger partial charge in [0.1, 0.15) is 16.6 Å². The lowest BCUT2D eigenvalue weighted by Crippen LogP contribution is -2.61. The number of fused-ring (bicyclic) bond motifs is 2. The third kappa shape index (κ3) is 9.11. The Balaban J connectivity index is 1.35. The summed E-state index contributed by atoms with van der Waals surface area (Å²) in [5.41, 5.74) is 3.45. The van der Waals surface area contributed by atoms with Crippen molar-refractivity contribution >= 4 is 34.6 Å². The van der Waals surface area contributed by atoms with Crippen LogP contribution < -0.4 is 14.4 Å². The van der Waals surface area contributed by atoms with E-state index >= 15 is 0 Å². The molecule has 3 aliphatic heterocycles. The molecule has 1 aliphatic carbocycles. The van der Waals surface area contributed by atoms with E-state index in [9.17, 15) is 9.35 Å². The van der Waals surface area contributed by atoms with Gasteiger partial charge in [0.25, 0.3) is 5.91 Å². The number of amides is 1. The fourth-order valence-corrected chi connectivity index (χ4v) is 10.4. The Labute approximate surface area is 332 Å². The second kappa shape index (κ2) is 17.9. The molecule has 0 radical (unpaired) electrons. The molecule has 1 saturated carbocycles. The number of halogens is 1. The number of anilines is 1. The summed E-state index contributed by atoms with van der Waals surface area (Å²) in [6.07, 6.45) is 9.51. The van der Waals surface area contributed by atoms with Crippen molar-refractivity contribution < 1.29 is 23.6 Å². The molecule has 1 N–H and O–H groups in total. The van der Waals surface area contributed by atoms with Gasteiger partial charge < -0.3 is 23.7 Å². The van der Waals surface area contributed by atoms with Crippen LogP contribution in [0.25, 0.3) is 0 Å². The van der Waals surface area contributed by atoms with E-state index in [2.05, 4.69) is 71.4 Å². The minimum absolute atomic E-state index is 0.0126. The van der Waals surface area contributed by atoms with Crippen LogP contribution in [-0.2, 0) is 27.3 Å². The summed E-state index contributed by atoms with van der Waals surface area (Å²) in [4.78, 5) is 21.2. The van der Waals surface area contributed by atoms with Crippen molar-refractivity contribution in [1.29, 1.82) is 0 Å². The summed E-state index contributed by atoms with van der Waals surface area (Å²) in [6.45, 7) is 18.3. The Hall–Kier alpha value is -2.31. The molecule has 7 atom stereocenters. The molecule has 2 bridgehead atoms. The normalized spacial score (nSPS) is 30.8. The maximum atomic E-state index is 13.6. The first-order valence-electron chi connectivity index (χ1n) is 20.1. The first-order chi connectivity index (χ1) is 25.9. The van der Waals surface area contributed by atoms with Crippen LogP contribution in [0, 0.1) is 17.8 Å². The first-order valence-corrected chi connectivity index (χ1v) is 21.7. The summed E-state index contributed by atoms with van der Waals surface area (Å²) in [6, 6.07) is 11.9. The number of benzene rings is 2. The van der Waals surface area contributed by atoms with Gasteiger partial charge in [0.15, 0.2) is 0 Å². The highest BCUT2D eigenvalue weighted by Gasteiger charge is 2.49. The van der Waals surface area contributed by atoms with Crippen LogP contribution in [0.1, 0.15) is 87.7 Å². The molecule has 11 heteroatoms. The molecule has 54 heavy (non-hydrogen) atoms. The number of aryl methyl sites for hydroxylation is 1. The quantitative estimate of drug-likeness (QED) is 0.213. The lowest BCUT2D eigenvalue weighted by molar-refractivity contribution is -0.0992. The van der Waals surface area contributed by atoms with Crippen LogP contribution >= 0.6 is 11.6 Å². The van der Waals surface area contributed by atoms with E-state index in [4.69, 9.17) is 25.8 Å². The smallest absolute Gasteiger partial charge is 0.292 e. The van der Waals surface area contributed by atoms with Gasteiger partial charge in [0.2, 0.25) is 0 Å². The number of carbonyl (C=O) groups excluding carboxylic acids is 1. The summed E-state index contributed by atoms with van der Waals surface area (Å²) < 4.78 is 35.3. The largest absolute Gasteiger partial charge is 0.593 e. The third-order valence-corrected chi connectivity index (χ3v) is 14.6. The highest BCUT2D eigenvalue weighted by molar-refractivity contribution is 7.90. The predicted octanol–water partition coefficient (Wildman–Crippen LogP) is 7.11. The molecule has 6 rings (SSSR count). The van der Waals surface area contributed by atoms with Gasteiger partial charge in [-0.25, -0.2) is 0 Å². The van der Waals surface area contributed by atoms with Crippen molar-refractivity contribution in [3.63, 3.8) is 0 Å². The minimum atomic E-state index is -1.55. The van der Waals surface area contributed by atoms with Gasteiger partial charge in [-0.1, -0.05) is 50.1 Å². The zero-order chi connectivity index (χ0) is 38.6. The lowest BCUT2D eigenvalue weighted by Gasteiger charge is -2.52. The number of hydrogen-bond donors (Lipinski definition) is 1. The summed E-state index contributed by atoms with van der Waals surface area (Å²) in [5.74, 6) is 1.32. The van der Waals surface area contributed by atoms with Crippen LogP contribution in [0.15, 0.2) is 48.6 Å². The van der Waals surface area contributed by atoms with Crippen LogP contribution in [0.5, 0.6) is 5.75 Å². The van der Waals surface area contributed by atoms with E-state index < -0.39 is 17.0 Å². The fourth-order valence-electron chi connectivity index (χ4n) is 9.18. The molecule has 2 aromatic carbocycles. The summed E-state index contributed by atoms with van der Waals surface area (Å²) in [7, 11) is 3.67. The van der Waals surface area contributed by atoms with E-state index in [0.717, 1.165) is 94.4 Å². The van der Waals surface area contributed by atoms with Gasteiger partial charge in [-0.15, -0.1) is 0 Å². The Morgan fingerprint density at radius 1 is 1.07 bits per heavy atom. The number of hydrogen-bond acceptors (Lipinski definition) is 8. The van der Waals surface area contributed by atoms with Gasteiger partial charge >= 0.3 is 0 Å². The zero-order valence-corrected chi connectivity index (χ0v) is 35.1. The first kappa shape index (κ1) is 41.3. The number of nitrogens with zero attached hydrogens (tertiary/aromatic N) is 3. The predicted molar refractivity (Wildman–Crippen MR) is 220 cm³/mol. The Bertz CT molecular complexity index is 1620. The van der Waals surface area contributed by atoms with Crippen molar-refractivity contribution in [1.82, 2.24) is 14.5 Å². The Morgan fingerprint density at radius 2 is 1.85 bits per heavy atom. The highest BCUT2D eigenvalue weighted by atomic mass is 35.5. The number of rotatable bonds is 9. The highest BCUT2D eigenvalue weighted by Crippen LogP contribution is 2.47. The summed E-state index contributed by atoms with van der Waals surface area (Å²) in [5, 5.41) is 0.518. The van der Waals surface area contributed by atoms with E-state index in [0.29, 0.717) is 30.6 Å². The summed E-state index contributed by atoms with van der Waals surface area (Å²) >= 11 is 4.96. The topological polar surface area (TPSA) is 89.6 Å². The van der Waals surface area contributed by atoms with Gasteiger partial charge in [0, 0.05) is 88.0 Å². The van der Waals surface area contributed by atoms with Gasteiger partial charge in [-0.3, -0.25) is 14.6 Å². The SMILES string of the molecule is CCCc1cc(Cl)ccc1C1COc2ccc3cc2N(C1)CC1CCC1C(CN1CCN(C(C)(C)COC)CC1)(OC)/C=C/CC(C)C(C)[S+]([O-])NC3=O. The van der Waals surface area contributed by atoms with Gasteiger partial charge in [-0.05, 0) is 99.7 Å². The van der Waals surface area contributed by atoms with Crippen LogP contribution in [0.2, 0.25) is 5.02 Å². The molecule has 7 unspecified atom stereocenters. The number of nitrogens with one attached hydrogen (secondary N) is 1. The monoisotopic (exact) mass is 782 g/mol. The third-order valence-electron chi connectivity index (χ3n) is 12.8. The zero-order valence-electron chi connectivity index (χ0n) is 33.6. The van der Waals surface area contributed by atoms with E-state index in [1.807, 2.05) is 32.2 Å². The van der Waals surface area contributed by atoms with Gasteiger partial charge in [-0.2, -0.15) is 4.72 Å². The molecule has 3 heterocycles. The van der Waals surface area contributed by atoms with Crippen molar-refractivity contribution in [2.24, 2.45) is 17.8 Å². The standard InChI is InChI=1S/C43H63ClN4O5S/c1-8-10-32-23-36(44)14-15-37(32)35-26-47-25-34-12-16-38(34)43(52-7,28-46-19-21-48(22-20-46)42(4,5)29-51-6)18-9-11-30(2)31(3)54(50)45-41(49)33-13-17-40(53-27-35)39(47)24-33/h9,13-15,17-18,23-24,30-31,34-35,38H,8,10-12,16,19-22,25-29H2,1-7H3,(H,45,49)/b18-9+. The number of methoxy groups -OCH3 is 2. The number of allylic oxidation sites excluding steroid dienone is 1. The van der Waals surface area contributed by atoms with Crippen molar-refractivity contribution in [3.05, 3.63) is 70.3 Å². The molecule has 2 fully saturated rings. The molecule has 0 aromatic heterocycles. The molecule has 2 aromatic rings. The van der Waals surface area contributed by atoms with Crippen LogP contribution in [-0.4, -0.2) is 110 Å². The molecular formula is C43H63ClN4O5S. The second-order valence-corrected chi connectivity index (χ2v) is 18.8. The molecule has 9 nitrogen and oxygen atoms in total. The molecule has 298 valence electrons. The molecular weight excluding hydrogens is 720 g/mol. The Morgan fingerprint density at radius 3 is 2.54 bits per heavy atom. The maximum absolute atomic E-state index is 13.6. The van der Waals surface area contributed by atoms with E-state index in [-0.39, 0.29) is 28.5 Å². The van der Waals surface area contributed by atoms with Crippen molar-refractivity contribution in [2.45, 2.75) is 89.0 Å². The molecule has 1 saturated heterocycles. The van der Waals surface area contributed by atoms with Crippen molar-refractivity contribution in [3.8, 4) is 5.75 Å². The molecule has 0 spiro atoms. The molecule has 4 aliphatic rings. The number of piperazine rings is 1. The number of ether oxygens (including phenoxy) is 3. The Kier molecular flexibility index (Phi) is 13.7. The van der Waals surface area contributed by atoms with Crippen molar-refractivity contribution in [2.75, 3.05) is 78.1 Å². The van der Waals surface area contributed by atoms with E-state index in [1.54, 1.807) is 13.2 Å². The van der Waals surface area contributed by atoms with Crippen LogP contribution in [0.3, 0.4) is 0 Å². The lowest BCUT2D eigenvalue weighted by atomic mass is 9.63. The molecule has 1 amide bonds. The average molecular weight is 784 g/mol. The van der Waals surface area contributed by atoms with Gasteiger partial charge in [0.05, 0.1) is 30.3 Å². The average Bonchev–Trinajstić information content (AvgIpc) is 3.31. The second-order valence-electron chi connectivity index (χ2n) is 16.8. The fraction of sp³-hybridized carbons (Fsp3) is 0.651. The van der Waals surface area contributed by atoms with Crippen LogP contribution in [0.4, 0.5) is 5.69 Å².